The first-order chi connectivity index (χ1) is 9.19. The quantitative estimate of drug-likeness (QED) is 0.819. The van der Waals surface area contributed by atoms with Gasteiger partial charge in [-0.3, -0.25) is 0 Å². The predicted molar refractivity (Wildman–Crippen MR) is 80.1 cm³/mol. The Hall–Kier alpha value is -1.96. The van der Waals surface area contributed by atoms with Crippen LogP contribution in [-0.4, -0.2) is 14.2 Å². The Morgan fingerprint density at radius 1 is 0.737 bits per heavy atom. The zero-order valence-electron chi connectivity index (χ0n) is 12.1. The molecule has 0 aliphatic rings. The van der Waals surface area contributed by atoms with E-state index in [4.69, 9.17) is 9.47 Å². The fourth-order valence-electron chi connectivity index (χ4n) is 1.54. The highest BCUT2D eigenvalue weighted by atomic mass is 16.5. The molecule has 0 aliphatic carbocycles. The first-order valence-electron chi connectivity index (χ1n) is 6.43. The normalized spacial score (nSPS) is 9.26. The third kappa shape index (κ3) is 5.47. The Labute approximate surface area is 116 Å². The zero-order chi connectivity index (χ0) is 14.1. The van der Waals surface area contributed by atoms with Crippen LogP contribution in [0.5, 0.6) is 11.5 Å². The van der Waals surface area contributed by atoms with Gasteiger partial charge in [0, 0.05) is 0 Å². The SMILES string of the molecule is CCc1ccc(OC)cc1.COc1ccc(C)cc1. The zero-order valence-corrected chi connectivity index (χ0v) is 12.1. The van der Waals surface area contributed by atoms with Gasteiger partial charge in [-0.2, -0.15) is 0 Å². The monoisotopic (exact) mass is 258 g/mol. The molecular weight excluding hydrogens is 236 g/mol. The van der Waals surface area contributed by atoms with Crippen LogP contribution in [0.2, 0.25) is 0 Å². The molecule has 2 aromatic rings. The molecule has 0 saturated carbocycles. The van der Waals surface area contributed by atoms with E-state index >= 15 is 0 Å². The summed E-state index contributed by atoms with van der Waals surface area (Å²) in [4.78, 5) is 0. The van der Waals surface area contributed by atoms with Gasteiger partial charge in [0.25, 0.3) is 0 Å². The van der Waals surface area contributed by atoms with Crippen molar-refractivity contribution in [1.82, 2.24) is 0 Å². The average molecular weight is 258 g/mol. The van der Waals surface area contributed by atoms with Gasteiger partial charge in [0.2, 0.25) is 0 Å². The van der Waals surface area contributed by atoms with Crippen molar-refractivity contribution < 1.29 is 9.47 Å². The van der Waals surface area contributed by atoms with Crippen molar-refractivity contribution in [3.05, 3.63) is 59.7 Å². The van der Waals surface area contributed by atoms with E-state index in [-0.39, 0.29) is 0 Å². The molecule has 0 atom stereocenters. The van der Waals surface area contributed by atoms with Crippen molar-refractivity contribution in [3.63, 3.8) is 0 Å². The largest absolute Gasteiger partial charge is 0.497 e. The molecule has 19 heavy (non-hydrogen) atoms. The fourth-order valence-corrected chi connectivity index (χ4v) is 1.54. The van der Waals surface area contributed by atoms with E-state index < -0.39 is 0 Å². The second-order valence-electron chi connectivity index (χ2n) is 4.22. The van der Waals surface area contributed by atoms with Crippen molar-refractivity contribution >= 4 is 0 Å². The van der Waals surface area contributed by atoms with Crippen LogP contribution in [0.4, 0.5) is 0 Å². The molecule has 0 N–H and O–H groups in total. The van der Waals surface area contributed by atoms with E-state index in [9.17, 15) is 0 Å². The van der Waals surface area contributed by atoms with E-state index in [0.717, 1.165) is 17.9 Å². The Kier molecular flexibility index (Phi) is 6.51. The third-order valence-electron chi connectivity index (χ3n) is 2.82. The summed E-state index contributed by atoms with van der Waals surface area (Å²) < 4.78 is 9.98. The van der Waals surface area contributed by atoms with Crippen LogP contribution in [0.25, 0.3) is 0 Å². The van der Waals surface area contributed by atoms with Crippen LogP contribution < -0.4 is 9.47 Å². The first-order valence-corrected chi connectivity index (χ1v) is 6.43. The van der Waals surface area contributed by atoms with Gasteiger partial charge in [0.1, 0.15) is 11.5 Å². The molecule has 0 fully saturated rings. The van der Waals surface area contributed by atoms with Gasteiger partial charge in [-0.05, 0) is 43.2 Å². The number of methoxy groups -OCH3 is 2. The lowest BCUT2D eigenvalue weighted by atomic mass is 10.2. The third-order valence-corrected chi connectivity index (χ3v) is 2.82. The Morgan fingerprint density at radius 2 is 1.16 bits per heavy atom. The van der Waals surface area contributed by atoms with Crippen LogP contribution in [0.15, 0.2) is 48.5 Å². The molecule has 2 rings (SSSR count). The van der Waals surface area contributed by atoms with Crippen LogP contribution in [-0.2, 0) is 6.42 Å². The highest BCUT2D eigenvalue weighted by Crippen LogP contribution is 2.11. The smallest absolute Gasteiger partial charge is 0.118 e. The minimum absolute atomic E-state index is 0.917. The summed E-state index contributed by atoms with van der Waals surface area (Å²) in [6.45, 7) is 4.20. The number of hydrogen-bond acceptors (Lipinski definition) is 2. The maximum atomic E-state index is 5.01. The van der Waals surface area contributed by atoms with Gasteiger partial charge in [0.05, 0.1) is 14.2 Å². The maximum absolute atomic E-state index is 5.01. The molecule has 0 bridgehead atoms. The minimum atomic E-state index is 0.917. The van der Waals surface area contributed by atoms with Crippen LogP contribution >= 0.6 is 0 Å². The summed E-state index contributed by atoms with van der Waals surface area (Å²) in [5.41, 5.74) is 2.61. The van der Waals surface area contributed by atoms with Crippen LogP contribution in [0.3, 0.4) is 0 Å². The van der Waals surface area contributed by atoms with Crippen molar-refractivity contribution in [2.24, 2.45) is 0 Å². The maximum Gasteiger partial charge on any atom is 0.118 e. The highest BCUT2D eigenvalue weighted by Gasteiger charge is 1.89. The molecule has 0 heterocycles. The van der Waals surface area contributed by atoms with Gasteiger partial charge in [0.15, 0.2) is 0 Å². The molecule has 0 unspecified atom stereocenters. The molecular formula is C17H22O2. The Morgan fingerprint density at radius 3 is 1.53 bits per heavy atom. The molecule has 0 radical (unpaired) electrons. The van der Waals surface area contributed by atoms with Gasteiger partial charge in [-0.1, -0.05) is 36.8 Å². The van der Waals surface area contributed by atoms with E-state index in [1.165, 1.54) is 11.1 Å². The second-order valence-corrected chi connectivity index (χ2v) is 4.22. The molecule has 102 valence electrons. The summed E-state index contributed by atoms with van der Waals surface area (Å²) in [5.74, 6) is 1.85. The van der Waals surface area contributed by atoms with Crippen molar-refractivity contribution in [1.29, 1.82) is 0 Å². The summed E-state index contributed by atoms with van der Waals surface area (Å²) >= 11 is 0. The highest BCUT2D eigenvalue weighted by molar-refractivity contribution is 5.27. The lowest BCUT2D eigenvalue weighted by Crippen LogP contribution is -1.83. The molecule has 0 saturated heterocycles. The molecule has 0 amide bonds. The summed E-state index contributed by atoms with van der Waals surface area (Å²) in [5, 5.41) is 0. The minimum Gasteiger partial charge on any atom is -0.497 e. The van der Waals surface area contributed by atoms with E-state index in [2.05, 4.69) is 26.0 Å². The van der Waals surface area contributed by atoms with Gasteiger partial charge >= 0.3 is 0 Å². The summed E-state index contributed by atoms with van der Waals surface area (Å²) in [7, 11) is 3.35. The topological polar surface area (TPSA) is 18.5 Å². The van der Waals surface area contributed by atoms with Crippen LogP contribution in [0, 0.1) is 6.92 Å². The van der Waals surface area contributed by atoms with Crippen molar-refractivity contribution in [3.8, 4) is 11.5 Å². The van der Waals surface area contributed by atoms with E-state index in [1.807, 2.05) is 36.4 Å². The van der Waals surface area contributed by atoms with Crippen molar-refractivity contribution in [2.45, 2.75) is 20.3 Å². The predicted octanol–water partition coefficient (Wildman–Crippen LogP) is 4.26. The molecule has 0 aromatic heterocycles. The number of rotatable bonds is 3. The second kappa shape index (κ2) is 8.20. The van der Waals surface area contributed by atoms with E-state index in [1.54, 1.807) is 14.2 Å². The van der Waals surface area contributed by atoms with Crippen LogP contribution in [0.1, 0.15) is 18.1 Å². The summed E-state index contributed by atoms with van der Waals surface area (Å²) in [6, 6.07) is 16.1. The van der Waals surface area contributed by atoms with E-state index in [0.29, 0.717) is 0 Å². The lowest BCUT2D eigenvalue weighted by molar-refractivity contribution is 0.414. The summed E-state index contributed by atoms with van der Waals surface area (Å²) in [6.07, 6.45) is 1.09. The molecule has 2 nitrogen and oxygen atoms in total. The van der Waals surface area contributed by atoms with Crippen molar-refractivity contribution in [2.75, 3.05) is 14.2 Å². The molecule has 2 aromatic carbocycles. The Balaban J connectivity index is 0.000000191. The Bertz CT molecular complexity index is 435. The van der Waals surface area contributed by atoms with Gasteiger partial charge in [-0.15, -0.1) is 0 Å². The van der Waals surface area contributed by atoms with Gasteiger partial charge in [-0.25, -0.2) is 0 Å². The fraction of sp³-hybridized carbons (Fsp3) is 0.294. The lowest BCUT2D eigenvalue weighted by Gasteiger charge is -1.99. The standard InChI is InChI=1S/C9H12O.C8H10O/c1-3-8-4-6-9(10-2)7-5-8;1-7-3-5-8(9-2)6-4-7/h4-7H,3H2,1-2H3;3-6H,1-2H3. The number of hydrogen-bond donors (Lipinski definition) is 0. The molecule has 2 heteroatoms. The molecule has 0 aliphatic heterocycles. The average Bonchev–Trinajstić information content (AvgIpc) is 2.49. The number of benzene rings is 2. The van der Waals surface area contributed by atoms with Gasteiger partial charge < -0.3 is 9.47 Å². The molecule has 0 spiro atoms. The number of ether oxygens (including phenoxy) is 2. The number of aryl methyl sites for hydroxylation is 2. The first kappa shape index (κ1) is 15.1.